The molecule has 0 aliphatic heterocycles. The van der Waals surface area contributed by atoms with Crippen LogP contribution in [-0.2, 0) is 17.8 Å². The first-order valence-corrected chi connectivity index (χ1v) is 11.0. The third-order valence-corrected chi connectivity index (χ3v) is 5.95. The number of hydrogen-bond acceptors (Lipinski definition) is 8. The van der Waals surface area contributed by atoms with E-state index in [0.29, 0.717) is 16.3 Å². The number of benzene rings is 1. The summed E-state index contributed by atoms with van der Waals surface area (Å²) in [6.45, 7) is 3.94. The highest BCUT2D eigenvalue weighted by molar-refractivity contribution is 7.17. The van der Waals surface area contributed by atoms with E-state index in [1.165, 1.54) is 11.3 Å². The minimum absolute atomic E-state index is 0.0192. The molecule has 4 aromatic rings. The number of carbonyl (C=O) groups excluding carboxylic acids is 1. The third-order valence-electron chi connectivity index (χ3n) is 4.76. The van der Waals surface area contributed by atoms with Gasteiger partial charge in [0, 0.05) is 23.5 Å². The molecule has 32 heavy (non-hydrogen) atoms. The molecule has 0 bridgehead atoms. The Bertz CT molecular complexity index is 1230. The first-order chi connectivity index (χ1) is 15.6. The van der Waals surface area contributed by atoms with Gasteiger partial charge in [0.15, 0.2) is 0 Å². The molecular weight excluding hydrogens is 426 g/mol. The number of esters is 1. The van der Waals surface area contributed by atoms with Crippen molar-refractivity contribution in [3.8, 4) is 22.0 Å². The maximum absolute atomic E-state index is 12.7. The lowest BCUT2D eigenvalue weighted by atomic mass is 10.2. The SMILES string of the molecule is CCCc1cc(-c2nc(C)c(C(=O)OCc3cn(-c4cccc(OC)c4)nn3)s2)ccn1. The summed E-state index contributed by atoms with van der Waals surface area (Å²) in [7, 11) is 1.61. The monoisotopic (exact) mass is 449 g/mol. The molecular formula is C23H23N5O3S. The number of pyridine rings is 1. The van der Waals surface area contributed by atoms with Crippen molar-refractivity contribution in [2.24, 2.45) is 0 Å². The average molecular weight is 450 g/mol. The number of carbonyl (C=O) groups is 1. The summed E-state index contributed by atoms with van der Waals surface area (Å²) in [5, 5.41) is 8.97. The van der Waals surface area contributed by atoms with Gasteiger partial charge in [-0.15, -0.1) is 16.4 Å². The fourth-order valence-electron chi connectivity index (χ4n) is 3.16. The van der Waals surface area contributed by atoms with E-state index in [2.05, 4.69) is 27.2 Å². The molecule has 3 heterocycles. The van der Waals surface area contributed by atoms with E-state index < -0.39 is 5.97 Å². The molecule has 8 nitrogen and oxygen atoms in total. The number of aryl methyl sites for hydroxylation is 2. The van der Waals surface area contributed by atoms with Crippen LogP contribution in [0.15, 0.2) is 48.8 Å². The lowest BCUT2D eigenvalue weighted by Gasteiger charge is -2.03. The van der Waals surface area contributed by atoms with Gasteiger partial charge in [-0.1, -0.05) is 24.6 Å². The third kappa shape index (κ3) is 4.83. The summed E-state index contributed by atoms with van der Waals surface area (Å²) in [5.74, 6) is 0.295. The fourth-order valence-corrected chi connectivity index (χ4v) is 4.12. The Morgan fingerprint density at radius 2 is 2.06 bits per heavy atom. The van der Waals surface area contributed by atoms with Crippen molar-refractivity contribution in [1.29, 1.82) is 0 Å². The zero-order valence-corrected chi connectivity index (χ0v) is 18.9. The Labute approximate surface area is 189 Å². The van der Waals surface area contributed by atoms with E-state index in [-0.39, 0.29) is 6.61 Å². The second-order valence-corrected chi connectivity index (χ2v) is 8.15. The summed E-state index contributed by atoms with van der Waals surface area (Å²) < 4.78 is 12.3. The zero-order chi connectivity index (χ0) is 22.5. The quantitative estimate of drug-likeness (QED) is 0.368. The predicted octanol–water partition coefficient (Wildman–Crippen LogP) is 4.41. The van der Waals surface area contributed by atoms with Gasteiger partial charge in [-0.3, -0.25) is 4.98 Å². The first-order valence-electron chi connectivity index (χ1n) is 10.2. The fraction of sp³-hybridized carbons (Fsp3) is 0.261. The maximum atomic E-state index is 12.7. The summed E-state index contributed by atoms with van der Waals surface area (Å²) in [6, 6.07) is 11.4. The number of thiazole rings is 1. The number of methoxy groups -OCH3 is 1. The lowest BCUT2D eigenvalue weighted by Crippen LogP contribution is -2.05. The molecule has 0 saturated heterocycles. The van der Waals surface area contributed by atoms with Crippen LogP contribution >= 0.6 is 11.3 Å². The highest BCUT2D eigenvalue weighted by Crippen LogP contribution is 2.29. The van der Waals surface area contributed by atoms with Crippen LogP contribution in [0.3, 0.4) is 0 Å². The Kier molecular flexibility index (Phi) is 6.55. The molecule has 9 heteroatoms. The summed E-state index contributed by atoms with van der Waals surface area (Å²) in [6.07, 6.45) is 5.43. The molecule has 0 unspecified atom stereocenters. The maximum Gasteiger partial charge on any atom is 0.350 e. The molecule has 0 saturated carbocycles. The van der Waals surface area contributed by atoms with Crippen LogP contribution in [0.5, 0.6) is 5.75 Å². The summed E-state index contributed by atoms with van der Waals surface area (Å²) in [4.78, 5) is 22.1. The average Bonchev–Trinajstić information content (AvgIpc) is 3.45. The minimum Gasteiger partial charge on any atom is -0.497 e. The van der Waals surface area contributed by atoms with Crippen molar-refractivity contribution >= 4 is 17.3 Å². The molecule has 0 N–H and O–H groups in total. The van der Waals surface area contributed by atoms with Crippen LogP contribution < -0.4 is 4.74 Å². The van der Waals surface area contributed by atoms with E-state index in [1.54, 1.807) is 24.2 Å². The van der Waals surface area contributed by atoms with Crippen molar-refractivity contribution in [1.82, 2.24) is 25.0 Å². The Morgan fingerprint density at radius 3 is 2.88 bits per heavy atom. The van der Waals surface area contributed by atoms with Gasteiger partial charge < -0.3 is 9.47 Å². The molecule has 0 spiro atoms. The Balaban J connectivity index is 1.44. The van der Waals surface area contributed by atoms with Gasteiger partial charge in [-0.25, -0.2) is 14.5 Å². The smallest absolute Gasteiger partial charge is 0.350 e. The second-order valence-electron chi connectivity index (χ2n) is 7.15. The standard InChI is InChI=1S/C23H23N5O3S/c1-4-6-17-11-16(9-10-24-17)22-25-15(2)21(32-22)23(29)31-14-18-13-28(27-26-18)19-7-5-8-20(12-19)30-3/h5,7-13H,4,6,14H2,1-3H3. The van der Waals surface area contributed by atoms with E-state index in [0.717, 1.165) is 40.5 Å². The van der Waals surface area contributed by atoms with Gasteiger partial charge in [0.1, 0.15) is 27.9 Å². The highest BCUT2D eigenvalue weighted by atomic mass is 32.1. The topological polar surface area (TPSA) is 92.0 Å². The van der Waals surface area contributed by atoms with E-state index in [1.807, 2.05) is 43.3 Å². The van der Waals surface area contributed by atoms with E-state index in [4.69, 9.17) is 9.47 Å². The minimum atomic E-state index is -0.426. The van der Waals surface area contributed by atoms with Gasteiger partial charge in [0.25, 0.3) is 0 Å². The number of nitrogens with zero attached hydrogens (tertiary/aromatic N) is 5. The van der Waals surface area contributed by atoms with Crippen LogP contribution in [0.25, 0.3) is 16.3 Å². The van der Waals surface area contributed by atoms with Crippen LogP contribution in [-0.4, -0.2) is 38.0 Å². The van der Waals surface area contributed by atoms with Gasteiger partial charge >= 0.3 is 5.97 Å². The van der Waals surface area contributed by atoms with Crippen molar-refractivity contribution in [2.75, 3.05) is 7.11 Å². The molecule has 0 fully saturated rings. The van der Waals surface area contributed by atoms with E-state index >= 15 is 0 Å². The van der Waals surface area contributed by atoms with Gasteiger partial charge in [0.05, 0.1) is 24.7 Å². The van der Waals surface area contributed by atoms with Crippen LogP contribution in [0.4, 0.5) is 0 Å². The molecule has 0 aliphatic rings. The molecule has 0 radical (unpaired) electrons. The normalized spacial score (nSPS) is 10.8. The van der Waals surface area contributed by atoms with Gasteiger partial charge in [0.2, 0.25) is 0 Å². The molecule has 0 atom stereocenters. The number of ether oxygens (including phenoxy) is 2. The zero-order valence-electron chi connectivity index (χ0n) is 18.1. The lowest BCUT2D eigenvalue weighted by molar-refractivity contribution is 0.0472. The van der Waals surface area contributed by atoms with Crippen LogP contribution in [0, 0.1) is 6.92 Å². The molecule has 0 amide bonds. The Hall–Kier alpha value is -3.59. The number of rotatable bonds is 8. The predicted molar refractivity (Wildman–Crippen MR) is 121 cm³/mol. The molecule has 4 rings (SSSR count). The number of aromatic nitrogens is 5. The summed E-state index contributed by atoms with van der Waals surface area (Å²) >= 11 is 1.32. The molecule has 164 valence electrons. The largest absolute Gasteiger partial charge is 0.497 e. The van der Waals surface area contributed by atoms with E-state index in [9.17, 15) is 4.79 Å². The van der Waals surface area contributed by atoms with Crippen LogP contribution in [0.2, 0.25) is 0 Å². The van der Waals surface area contributed by atoms with Gasteiger partial charge in [-0.2, -0.15) is 0 Å². The van der Waals surface area contributed by atoms with Crippen molar-refractivity contribution in [3.63, 3.8) is 0 Å². The molecule has 1 aromatic carbocycles. The highest BCUT2D eigenvalue weighted by Gasteiger charge is 2.18. The molecule has 0 aliphatic carbocycles. The summed E-state index contributed by atoms with van der Waals surface area (Å²) in [5.41, 5.74) is 3.96. The first kappa shape index (κ1) is 21.6. The van der Waals surface area contributed by atoms with Crippen molar-refractivity contribution in [2.45, 2.75) is 33.3 Å². The van der Waals surface area contributed by atoms with Crippen LogP contribution in [0.1, 0.15) is 40.1 Å². The van der Waals surface area contributed by atoms with Crippen molar-refractivity contribution in [3.05, 3.63) is 70.8 Å². The van der Waals surface area contributed by atoms with Gasteiger partial charge in [-0.05, 0) is 37.6 Å². The Morgan fingerprint density at radius 1 is 1.19 bits per heavy atom. The molecule has 3 aromatic heterocycles. The second kappa shape index (κ2) is 9.69. The number of hydrogen-bond donors (Lipinski definition) is 0. The van der Waals surface area contributed by atoms with Crippen molar-refractivity contribution < 1.29 is 14.3 Å².